The smallest absolute Gasteiger partial charge is 0.341 e. The van der Waals surface area contributed by atoms with E-state index >= 15 is 0 Å². The number of rotatable bonds is 5. The van der Waals surface area contributed by atoms with Crippen molar-refractivity contribution in [3.8, 4) is 5.75 Å². The minimum atomic E-state index is -1.29. The highest BCUT2D eigenvalue weighted by molar-refractivity contribution is 5.97. The van der Waals surface area contributed by atoms with E-state index in [9.17, 15) is 22.8 Å². The second kappa shape index (κ2) is 7.69. The zero-order valence-electron chi connectivity index (χ0n) is 13.3. The summed E-state index contributed by atoms with van der Waals surface area (Å²) < 4.78 is 49.5. The number of ether oxygens (including phenoxy) is 2. The molecule has 1 N–H and O–H groups in total. The quantitative estimate of drug-likeness (QED) is 0.838. The van der Waals surface area contributed by atoms with Crippen LogP contribution in [0.25, 0.3) is 0 Å². The summed E-state index contributed by atoms with van der Waals surface area (Å²) in [7, 11) is 1.34. The molecular formula is C17H14F3NO4. The SMILES string of the molecule is COc1ccc(C(=O)O[C@H](C)C(=O)Nc2ccc(F)c(F)c2)c(F)c1. The first-order valence-electron chi connectivity index (χ1n) is 7.12. The molecule has 2 aromatic carbocycles. The van der Waals surface area contributed by atoms with Crippen LogP contribution in [0.3, 0.4) is 0 Å². The summed E-state index contributed by atoms with van der Waals surface area (Å²) in [6.45, 7) is 1.26. The second-order valence-electron chi connectivity index (χ2n) is 5.01. The van der Waals surface area contributed by atoms with E-state index in [1.165, 1.54) is 20.1 Å². The minimum Gasteiger partial charge on any atom is -0.497 e. The number of carbonyl (C=O) groups is 2. The third kappa shape index (κ3) is 4.50. The monoisotopic (exact) mass is 353 g/mol. The molecule has 0 fully saturated rings. The Bertz CT molecular complexity index is 810. The van der Waals surface area contributed by atoms with Crippen LogP contribution in [0.5, 0.6) is 5.75 Å². The highest BCUT2D eigenvalue weighted by Gasteiger charge is 2.22. The molecule has 0 aromatic heterocycles. The zero-order valence-corrected chi connectivity index (χ0v) is 13.3. The molecule has 0 radical (unpaired) electrons. The molecule has 2 aromatic rings. The Hall–Kier alpha value is -3.03. The van der Waals surface area contributed by atoms with E-state index in [-0.39, 0.29) is 17.0 Å². The van der Waals surface area contributed by atoms with E-state index in [1.54, 1.807) is 0 Å². The van der Waals surface area contributed by atoms with Crippen molar-refractivity contribution in [3.05, 3.63) is 59.4 Å². The molecule has 1 atom stereocenters. The molecule has 2 rings (SSSR count). The van der Waals surface area contributed by atoms with E-state index in [4.69, 9.17) is 9.47 Å². The van der Waals surface area contributed by atoms with Crippen LogP contribution < -0.4 is 10.1 Å². The van der Waals surface area contributed by atoms with Gasteiger partial charge in [-0.1, -0.05) is 0 Å². The van der Waals surface area contributed by atoms with Gasteiger partial charge in [0.2, 0.25) is 0 Å². The van der Waals surface area contributed by atoms with Crippen LogP contribution in [-0.2, 0) is 9.53 Å². The molecular weight excluding hydrogens is 339 g/mol. The normalized spacial score (nSPS) is 11.6. The summed E-state index contributed by atoms with van der Waals surface area (Å²) in [5, 5.41) is 2.26. The van der Waals surface area contributed by atoms with Gasteiger partial charge in [0.25, 0.3) is 5.91 Å². The number of benzene rings is 2. The Morgan fingerprint density at radius 1 is 1.00 bits per heavy atom. The van der Waals surface area contributed by atoms with E-state index in [0.717, 1.165) is 30.3 Å². The maximum atomic E-state index is 13.8. The molecule has 132 valence electrons. The van der Waals surface area contributed by atoms with Gasteiger partial charge in [-0.25, -0.2) is 18.0 Å². The average molecular weight is 353 g/mol. The molecule has 0 heterocycles. The van der Waals surface area contributed by atoms with Crippen molar-refractivity contribution in [1.82, 2.24) is 0 Å². The Morgan fingerprint density at radius 2 is 1.72 bits per heavy atom. The van der Waals surface area contributed by atoms with Gasteiger partial charge in [0.1, 0.15) is 11.6 Å². The first-order chi connectivity index (χ1) is 11.8. The van der Waals surface area contributed by atoms with Gasteiger partial charge in [-0.15, -0.1) is 0 Å². The Balaban J connectivity index is 2.02. The number of halogens is 3. The maximum absolute atomic E-state index is 13.8. The highest BCUT2D eigenvalue weighted by atomic mass is 19.2. The molecule has 0 bridgehead atoms. The standard InChI is InChI=1S/C17H14F3NO4/c1-9(16(22)21-10-3-6-13(18)15(20)7-10)25-17(23)12-5-4-11(24-2)8-14(12)19/h3-9H,1-2H3,(H,21,22)/t9-/m1/s1. The lowest BCUT2D eigenvalue weighted by Gasteiger charge is -2.14. The van der Waals surface area contributed by atoms with E-state index in [0.29, 0.717) is 0 Å². The van der Waals surface area contributed by atoms with Gasteiger partial charge in [-0.3, -0.25) is 4.79 Å². The number of anilines is 1. The van der Waals surface area contributed by atoms with Crippen LogP contribution in [-0.4, -0.2) is 25.1 Å². The van der Waals surface area contributed by atoms with Gasteiger partial charge in [-0.2, -0.15) is 0 Å². The number of methoxy groups -OCH3 is 1. The zero-order chi connectivity index (χ0) is 18.6. The summed E-state index contributed by atoms with van der Waals surface area (Å²) in [6.07, 6.45) is -1.29. The highest BCUT2D eigenvalue weighted by Crippen LogP contribution is 2.18. The topological polar surface area (TPSA) is 64.6 Å². The molecule has 0 aliphatic carbocycles. The van der Waals surface area contributed by atoms with Crippen molar-refractivity contribution in [2.45, 2.75) is 13.0 Å². The summed E-state index contributed by atoms with van der Waals surface area (Å²) in [5.41, 5.74) is -0.379. The van der Waals surface area contributed by atoms with Crippen molar-refractivity contribution in [2.24, 2.45) is 0 Å². The van der Waals surface area contributed by atoms with Gasteiger partial charge >= 0.3 is 5.97 Å². The third-order valence-corrected chi connectivity index (χ3v) is 3.24. The Morgan fingerprint density at radius 3 is 2.32 bits per heavy atom. The number of esters is 1. The van der Waals surface area contributed by atoms with Crippen molar-refractivity contribution in [1.29, 1.82) is 0 Å². The fraction of sp³-hybridized carbons (Fsp3) is 0.176. The lowest BCUT2D eigenvalue weighted by molar-refractivity contribution is -0.123. The largest absolute Gasteiger partial charge is 0.497 e. The molecule has 0 aliphatic heterocycles. The maximum Gasteiger partial charge on any atom is 0.341 e. The molecule has 0 saturated heterocycles. The molecule has 1 amide bonds. The van der Waals surface area contributed by atoms with Crippen molar-refractivity contribution < 1.29 is 32.2 Å². The summed E-state index contributed by atoms with van der Waals surface area (Å²) >= 11 is 0. The molecule has 5 nitrogen and oxygen atoms in total. The fourth-order valence-corrected chi connectivity index (χ4v) is 1.88. The first kappa shape index (κ1) is 18.3. The number of hydrogen-bond acceptors (Lipinski definition) is 4. The second-order valence-corrected chi connectivity index (χ2v) is 5.01. The number of carbonyl (C=O) groups excluding carboxylic acids is 2. The van der Waals surface area contributed by atoms with Crippen LogP contribution in [0.15, 0.2) is 36.4 Å². The van der Waals surface area contributed by atoms with E-state index in [1.807, 2.05) is 0 Å². The van der Waals surface area contributed by atoms with E-state index in [2.05, 4.69) is 5.32 Å². The van der Waals surface area contributed by atoms with Gasteiger partial charge in [-0.05, 0) is 31.2 Å². The summed E-state index contributed by atoms with van der Waals surface area (Å²) in [5.74, 6) is -4.67. The predicted octanol–water partition coefficient (Wildman–Crippen LogP) is 3.30. The van der Waals surface area contributed by atoms with Crippen LogP contribution in [0, 0.1) is 17.5 Å². The molecule has 25 heavy (non-hydrogen) atoms. The third-order valence-electron chi connectivity index (χ3n) is 3.24. The lowest BCUT2D eigenvalue weighted by atomic mass is 10.2. The van der Waals surface area contributed by atoms with Crippen LogP contribution in [0.1, 0.15) is 17.3 Å². The molecule has 0 aliphatic rings. The van der Waals surface area contributed by atoms with Crippen LogP contribution in [0.2, 0.25) is 0 Å². The molecule has 0 unspecified atom stereocenters. The Kier molecular flexibility index (Phi) is 5.63. The molecule has 0 spiro atoms. The molecule has 8 heteroatoms. The minimum absolute atomic E-state index is 0.0116. The fourth-order valence-electron chi connectivity index (χ4n) is 1.88. The van der Waals surface area contributed by atoms with Gasteiger partial charge in [0.15, 0.2) is 17.7 Å². The summed E-state index contributed by atoms with van der Waals surface area (Å²) in [4.78, 5) is 23.9. The Labute approximate surface area is 141 Å². The van der Waals surface area contributed by atoms with Crippen molar-refractivity contribution >= 4 is 17.6 Å². The van der Waals surface area contributed by atoms with Crippen LogP contribution in [0.4, 0.5) is 18.9 Å². The number of nitrogens with one attached hydrogen (secondary N) is 1. The van der Waals surface area contributed by atoms with Crippen LogP contribution >= 0.6 is 0 Å². The summed E-state index contributed by atoms with van der Waals surface area (Å²) in [6, 6.07) is 6.30. The molecule has 0 saturated carbocycles. The van der Waals surface area contributed by atoms with Gasteiger partial charge < -0.3 is 14.8 Å². The predicted molar refractivity (Wildman–Crippen MR) is 82.8 cm³/mol. The average Bonchev–Trinajstić information content (AvgIpc) is 2.57. The lowest BCUT2D eigenvalue weighted by Crippen LogP contribution is -2.30. The van der Waals surface area contributed by atoms with Crippen molar-refractivity contribution in [2.75, 3.05) is 12.4 Å². The van der Waals surface area contributed by atoms with E-state index < -0.39 is 35.4 Å². The number of amides is 1. The first-order valence-corrected chi connectivity index (χ1v) is 7.12. The van der Waals surface area contributed by atoms with Gasteiger partial charge in [0.05, 0.1) is 12.7 Å². The number of hydrogen-bond donors (Lipinski definition) is 1. The van der Waals surface area contributed by atoms with Crippen molar-refractivity contribution in [3.63, 3.8) is 0 Å². The van der Waals surface area contributed by atoms with Gasteiger partial charge in [0, 0.05) is 17.8 Å².